The van der Waals surface area contributed by atoms with Crippen LogP contribution in [0.25, 0.3) is 21.8 Å². The summed E-state index contributed by atoms with van der Waals surface area (Å²) >= 11 is 1.35. The molecule has 0 bridgehead atoms. The zero-order chi connectivity index (χ0) is 20.7. The molecule has 0 unspecified atom stereocenters. The number of aromatic nitrogens is 3. The highest BCUT2D eigenvalue weighted by atomic mass is 32.2. The number of carbonyl (C=O) groups excluding carboxylic acids is 1. The van der Waals surface area contributed by atoms with Crippen LogP contribution in [0.3, 0.4) is 0 Å². The Morgan fingerprint density at radius 2 is 1.77 bits per heavy atom. The highest BCUT2D eigenvalue weighted by Crippen LogP contribution is 2.32. The Hall–Kier alpha value is -2.86. The van der Waals surface area contributed by atoms with Crippen LogP contribution in [0.5, 0.6) is 0 Å². The van der Waals surface area contributed by atoms with E-state index in [0.717, 1.165) is 30.5 Å². The molecule has 1 aliphatic rings. The normalized spacial score (nSPS) is 13.6. The van der Waals surface area contributed by atoms with E-state index in [1.807, 2.05) is 47.9 Å². The molecule has 6 heteroatoms. The number of thioether (sulfide) groups is 1. The van der Waals surface area contributed by atoms with Gasteiger partial charge < -0.3 is 0 Å². The van der Waals surface area contributed by atoms with Gasteiger partial charge in [-0.05, 0) is 56.4 Å². The van der Waals surface area contributed by atoms with Crippen LogP contribution >= 0.6 is 11.8 Å². The molecule has 0 aliphatic heterocycles. The van der Waals surface area contributed by atoms with Crippen LogP contribution in [0.4, 0.5) is 0 Å². The van der Waals surface area contributed by atoms with Crippen molar-refractivity contribution in [1.29, 1.82) is 0 Å². The summed E-state index contributed by atoms with van der Waals surface area (Å²) in [7, 11) is 0. The molecular weight excluding hydrogens is 394 g/mol. The quantitative estimate of drug-likeness (QED) is 0.357. The molecule has 2 aromatic heterocycles. The standard InChI is InChI=1S/C24H23N3O2S/c1-2-26-23(29)18-11-3-6-12-19(18)25-24(26)30-15-22(28)27-20-13-7-4-9-16(20)17-10-5-8-14-21(17)27/h3-4,6-7,9,11-13H,2,5,8,10,14-15H2,1H3. The van der Waals surface area contributed by atoms with Crippen molar-refractivity contribution in [2.45, 2.75) is 44.3 Å². The van der Waals surface area contributed by atoms with Crippen LogP contribution in [-0.2, 0) is 19.4 Å². The van der Waals surface area contributed by atoms with E-state index in [-0.39, 0.29) is 17.2 Å². The Morgan fingerprint density at radius 3 is 2.60 bits per heavy atom. The van der Waals surface area contributed by atoms with E-state index < -0.39 is 0 Å². The van der Waals surface area contributed by atoms with Gasteiger partial charge in [0, 0.05) is 17.6 Å². The van der Waals surface area contributed by atoms with Crippen molar-refractivity contribution in [3.05, 3.63) is 70.1 Å². The number of benzene rings is 2. The second-order valence-electron chi connectivity index (χ2n) is 7.63. The average molecular weight is 418 g/mol. The third-order valence-electron chi connectivity index (χ3n) is 5.90. The molecule has 152 valence electrons. The van der Waals surface area contributed by atoms with E-state index in [2.05, 4.69) is 11.1 Å². The van der Waals surface area contributed by atoms with Crippen LogP contribution in [0.15, 0.2) is 58.5 Å². The molecule has 0 spiro atoms. The fourth-order valence-corrected chi connectivity index (χ4v) is 5.42. The highest BCUT2D eigenvalue weighted by Gasteiger charge is 2.23. The second-order valence-corrected chi connectivity index (χ2v) is 8.57. The summed E-state index contributed by atoms with van der Waals surface area (Å²) in [6.07, 6.45) is 4.26. The van der Waals surface area contributed by atoms with Crippen LogP contribution in [0.1, 0.15) is 35.8 Å². The molecule has 2 aromatic carbocycles. The molecule has 0 saturated heterocycles. The van der Waals surface area contributed by atoms with Crippen molar-refractivity contribution < 1.29 is 4.79 Å². The van der Waals surface area contributed by atoms with Gasteiger partial charge in [-0.2, -0.15) is 0 Å². The molecule has 0 amide bonds. The van der Waals surface area contributed by atoms with Gasteiger partial charge in [-0.3, -0.25) is 18.7 Å². The van der Waals surface area contributed by atoms with Crippen molar-refractivity contribution in [3.63, 3.8) is 0 Å². The van der Waals surface area contributed by atoms with Crippen LogP contribution < -0.4 is 5.56 Å². The number of carbonyl (C=O) groups is 1. The van der Waals surface area contributed by atoms with Crippen LogP contribution in [0, 0.1) is 0 Å². The van der Waals surface area contributed by atoms with Crippen molar-refractivity contribution in [3.8, 4) is 0 Å². The molecule has 5 rings (SSSR count). The molecule has 0 fully saturated rings. The summed E-state index contributed by atoms with van der Waals surface area (Å²) in [5.41, 5.74) is 4.10. The Bertz CT molecular complexity index is 1340. The molecule has 1 aliphatic carbocycles. The van der Waals surface area contributed by atoms with Gasteiger partial charge in [-0.1, -0.05) is 42.1 Å². The topological polar surface area (TPSA) is 56.9 Å². The number of fused-ring (bicyclic) bond motifs is 4. The summed E-state index contributed by atoms with van der Waals surface area (Å²) < 4.78 is 3.57. The third kappa shape index (κ3) is 3.06. The molecule has 4 aromatic rings. The van der Waals surface area contributed by atoms with Crippen molar-refractivity contribution in [1.82, 2.24) is 14.1 Å². The molecule has 5 nitrogen and oxygen atoms in total. The van der Waals surface area contributed by atoms with Gasteiger partial charge >= 0.3 is 0 Å². The van der Waals surface area contributed by atoms with Crippen LogP contribution in [0.2, 0.25) is 0 Å². The number of rotatable bonds is 4. The molecule has 30 heavy (non-hydrogen) atoms. The van der Waals surface area contributed by atoms with Crippen LogP contribution in [-0.4, -0.2) is 25.8 Å². The van der Waals surface area contributed by atoms with E-state index in [1.54, 1.807) is 10.6 Å². The summed E-state index contributed by atoms with van der Waals surface area (Å²) in [4.78, 5) is 30.9. The largest absolute Gasteiger partial charge is 0.287 e. The van der Waals surface area contributed by atoms with Crippen molar-refractivity contribution in [2.75, 3.05) is 5.75 Å². The lowest BCUT2D eigenvalue weighted by Crippen LogP contribution is -2.23. The van der Waals surface area contributed by atoms with E-state index in [0.29, 0.717) is 22.6 Å². The lowest BCUT2D eigenvalue weighted by molar-refractivity contribution is 0.0943. The Balaban J connectivity index is 1.52. The number of aryl methyl sites for hydroxylation is 1. The maximum Gasteiger partial charge on any atom is 0.262 e. The summed E-state index contributed by atoms with van der Waals surface area (Å²) in [5, 5.41) is 2.40. The Kier molecular flexibility index (Phi) is 4.95. The Labute approximate surface area is 178 Å². The lowest BCUT2D eigenvalue weighted by Gasteiger charge is -2.15. The number of hydrogen-bond acceptors (Lipinski definition) is 4. The molecule has 0 atom stereocenters. The third-order valence-corrected chi connectivity index (χ3v) is 6.86. The van der Waals surface area contributed by atoms with Crippen molar-refractivity contribution >= 4 is 39.5 Å². The van der Waals surface area contributed by atoms with Gasteiger partial charge in [-0.25, -0.2) is 4.98 Å². The second kappa shape index (κ2) is 7.76. The SMILES string of the molecule is CCn1c(SCC(=O)n2c3c(c4ccccc42)CCCC3)nc2ccccc2c1=O. The van der Waals surface area contributed by atoms with Crippen molar-refractivity contribution in [2.24, 2.45) is 0 Å². The molecule has 0 N–H and O–H groups in total. The monoisotopic (exact) mass is 417 g/mol. The first-order valence-corrected chi connectivity index (χ1v) is 11.4. The van der Waals surface area contributed by atoms with Gasteiger partial charge in [0.1, 0.15) is 0 Å². The zero-order valence-electron chi connectivity index (χ0n) is 16.9. The van der Waals surface area contributed by atoms with Gasteiger partial charge in [0.25, 0.3) is 5.56 Å². The first-order chi connectivity index (χ1) is 14.7. The lowest BCUT2D eigenvalue weighted by atomic mass is 9.96. The van der Waals surface area contributed by atoms with Gasteiger partial charge in [0.15, 0.2) is 5.16 Å². The van der Waals surface area contributed by atoms with E-state index >= 15 is 0 Å². The first-order valence-electron chi connectivity index (χ1n) is 10.5. The minimum atomic E-state index is -0.0538. The highest BCUT2D eigenvalue weighted by molar-refractivity contribution is 7.99. The van der Waals surface area contributed by atoms with E-state index in [4.69, 9.17) is 0 Å². The van der Waals surface area contributed by atoms with E-state index in [1.165, 1.54) is 29.1 Å². The molecule has 2 heterocycles. The fourth-order valence-electron chi connectivity index (χ4n) is 4.51. The minimum absolute atomic E-state index is 0.0458. The summed E-state index contributed by atoms with van der Waals surface area (Å²) in [6, 6.07) is 15.6. The minimum Gasteiger partial charge on any atom is -0.287 e. The number of hydrogen-bond donors (Lipinski definition) is 0. The maximum absolute atomic E-state index is 13.3. The smallest absolute Gasteiger partial charge is 0.262 e. The number of para-hydroxylation sites is 2. The molecule has 0 saturated carbocycles. The zero-order valence-corrected chi connectivity index (χ0v) is 17.7. The number of nitrogens with zero attached hydrogens (tertiary/aromatic N) is 3. The molecule has 0 radical (unpaired) electrons. The summed E-state index contributed by atoms with van der Waals surface area (Å²) in [6.45, 7) is 2.45. The molecular formula is C24H23N3O2S. The predicted molar refractivity (Wildman–Crippen MR) is 122 cm³/mol. The van der Waals surface area contributed by atoms with E-state index in [9.17, 15) is 9.59 Å². The first kappa shape index (κ1) is 19.1. The Morgan fingerprint density at radius 1 is 1.03 bits per heavy atom. The summed E-state index contributed by atoms with van der Waals surface area (Å²) in [5.74, 6) is 0.292. The average Bonchev–Trinajstić information content (AvgIpc) is 3.12. The van der Waals surface area contributed by atoms with Gasteiger partial charge in [0.2, 0.25) is 5.91 Å². The van der Waals surface area contributed by atoms with Gasteiger partial charge in [0.05, 0.1) is 22.2 Å². The predicted octanol–water partition coefficient (Wildman–Crippen LogP) is 4.68. The fraction of sp³-hybridized carbons (Fsp3) is 0.292. The van der Waals surface area contributed by atoms with Gasteiger partial charge in [-0.15, -0.1) is 0 Å². The maximum atomic E-state index is 13.3.